The van der Waals surface area contributed by atoms with Gasteiger partial charge in [0.15, 0.2) is 0 Å². The summed E-state index contributed by atoms with van der Waals surface area (Å²) in [6, 6.07) is 4.18. The van der Waals surface area contributed by atoms with E-state index < -0.39 is 0 Å². The van der Waals surface area contributed by atoms with Crippen LogP contribution in [0.2, 0.25) is 0 Å². The minimum absolute atomic E-state index is 0.0236. The van der Waals surface area contributed by atoms with Gasteiger partial charge < -0.3 is 9.64 Å². The second-order valence-corrected chi connectivity index (χ2v) is 5.69. The van der Waals surface area contributed by atoms with Crippen LogP contribution in [0.1, 0.15) is 39.2 Å². The second kappa shape index (κ2) is 9.50. The number of rotatable bonds is 9. The third-order valence-corrected chi connectivity index (χ3v) is 3.53. The highest BCUT2D eigenvalue weighted by Crippen LogP contribution is 2.16. The fourth-order valence-corrected chi connectivity index (χ4v) is 2.46. The zero-order chi connectivity index (χ0) is 15.7. The third kappa shape index (κ3) is 5.84. The maximum Gasteiger partial charge on any atom is 0.225 e. The predicted molar refractivity (Wildman–Crippen MR) is 85.1 cm³/mol. The highest BCUT2D eigenvalue weighted by molar-refractivity contribution is 5.78. The molecule has 0 bridgehead atoms. The molecular formula is C17H28N2O2. The van der Waals surface area contributed by atoms with Crippen molar-refractivity contribution in [1.29, 1.82) is 0 Å². The number of carbonyl (C=O) groups excluding carboxylic acids is 1. The summed E-state index contributed by atoms with van der Waals surface area (Å²) in [5.74, 6) is 0.248. The minimum atomic E-state index is 0.0236. The first-order chi connectivity index (χ1) is 10.1. The van der Waals surface area contributed by atoms with E-state index in [0.29, 0.717) is 6.61 Å². The first-order valence-corrected chi connectivity index (χ1v) is 7.78. The Morgan fingerprint density at radius 3 is 2.71 bits per heavy atom. The van der Waals surface area contributed by atoms with Crippen LogP contribution in [-0.4, -0.2) is 42.1 Å². The average Bonchev–Trinajstić information content (AvgIpc) is 2.49. The molecule has 0 aliphatic heterocycles. The highest BCUT2D eigenvalue weighted by atomic mass is 16.5. The molecule has 1 aromatic heterocycles. The summed E-state index contributed by atoms with van der Waals surface area (Å²) in [6.45, 7) is 7.49. The van der Waals surface area contributed by atoms with Gasteiger partial charge in [0.2, 0.25) is 5.91 Å². The van der Waals surface area contributed by atoms with E-state index in [0.717, 1.165) is 31.4 Å². The van der Waals surface area contributed by atoms with Crippen LogP contribution < -0.4 is 0 Å². The minimum Gasteiger partial charge on any atom is -0.385 e. The van der Waals surface area contributed by atoms with Crippen LogP contribution in [0.3, 0.4) is 0 Å². The monoisotopic (exact) mass is 292 g/mol. The molecule has 1 heterocycles. The lowest BCUT2D eigenvalue weighted by atomic mass is 10.0. The van der Waals surface area contributed by atoms with Gasteiger partial charge >= 0.3 is 0 Å². The Balaban J connectivity index is 2.88. The summed E-state index contributed by atoms with van der Waals surface area (Å²) in [5.41, 5.74) is 1.16. The quantitative estimate of drug-likeness (QED) is 0.703. The SMILES string of the molecule is CCCN(C(=O)C(C)C)C(CCOC)Cc1cccnc1. The molecule has 1 atom stereocenters. The van der Waals surface area contributed by atoms with Crippen molar-refractivity contribution < 1.29 is 9.53 Å². The highest BCUT2D eigenvalue weighted by Gasteiger charge is 2.25. The number of methoxy groups -OCH3 is 1. The topological polar surface area (TPSA) is 42.4 Å². The van der Waals surface area contributed by atoms with Gasteiger partial charge in [-0.05, 0) is 30.9 Å². The molecule has 0 aliphatic rings. The molecule has 0 saturated carbocycles. The molecule has 4 nitrogen and oxygen atoms in total. The summed E-state index contributed by atoms with van der Waals surface area (Å²) in [5, 5.41) is 0. The number of ether oxygens (including phenoxy) is 1. The molecule has 0 saturated heterocycles. The summed E-state index contributed by atoms with van der Waals surface area (Å²) in [7, 11) is 1.70. The molecule has 1 amide bonds. The number of nitrogens with zero attached hydrogens (tertiary/aromatic N) is 2. The summed E-state index contributed by atoms with van der Waals surface area (Å²) in [6.07, 6.45) is 6.30. The van der Waals surface area contributed by atoms with Crippen LogP contribution in [0, 0.1) is 5.92 Å². The van der Waals surface area contributed by atoms with Crippen molar-refractivity contribution in [2.45, 2.75) is 46.1 Å². The molecule has 4 heteroatoms. The zero-order valence-electron chi connectivity index (χ0n) is 13.7. The average molecular weight is 292 g/mol. The van der Waals surface area contributed by atoms with Crippen molar-refractivity contribution in [2.24, 2.45) is 5.92 Å². The van der Waals surface area contributed by atoms with E-state index in [1.807, 2.05) is 31.0 Å². The molecule has 0 fully saturated rings. The maximum atomic E-state index is 12.5. The molecule has 0 aliphatic carbocycles. The third-order valence-electron chi connectivity index (χ3n) is 3.53. The van der Waals surface area contributed by atoms with Gasteiger partial charge in [-0.15, -0.1) is 0 Å². The number of amides is 1. The molecule has 0 N–H and O–H groups in total. The van der Waals surface area contributed by atoms with Crippen LogP contribution in [0.25, 0.3) is 0 Å². The van der Waals surface area contributed by atoms with Gasteiger partial charge in [-0.3, -0.25) is 9.78 Å². The summed E-state index contributed by atoms with van der Waals surface area (Å²) < 4.78 is 5.22. The van der Waals surface area contributed by atoms with Crippen LogP contribution in [0.4, 0.5) is 0 Å². The molecule has 1 aromatic rings. The Morgan fingerprint density at radius 2 is 2.19 bits per heavy atom. The second-order valence-electron chi connectivity index (χ2n) is 5.69. The van der Waals surface area contributed by atoms with E-state index >= 15 is 0 Å². The molecule has 0 radical (unpaired) electrons. The van der Waals surface area contributed by atoms with Crippen molar-refractivity contribution in [3.63, 3.8) is 0 Å². The lowest BCUT2D eigenvalue weighted by Gasteiger charge is -2.33. The Hall–Kier alpha value is -1.42. The van der Waals surface area contributed by atoms with Gasteiger partial charge in [0.05, 0.1) is 0 Å². The van der Waals surface area contributed by atoms with Crippen molar-refractivity contribution >= 4 is 5.91 Å². The maximum absolute atomic E-state index is 12.5. The van der Waals surface area contributed by atoms with Crippen molar-refractivity contribution in [1.82, 2.24) is 9.88 Å². The van der Waals surface area contributed by atoms with E-state index in [-0.39, 0.29) is 17.9 Å². The van der Waals surface area contributed by atoms with Gasteiger partial charge in [-0.25, -0.2) is 0 Å². The Kier molecular flexibility index (Phi) is 7.98. The van der Waals surface area contributed by atoms with Gasteiger partial charge in [0.1, 0.15) is 0 Å². The number of hydrogen-bond donors (Lipinski definition) is 0. The van der Waals surface area contributed by atoms with Crippen molar-refractivity contribution in [3.05, 3.63) is 30.1 Å². The number of aromatic nitrogens is 1. The van der Waals surface area contributed by atoms with E-state index in [4.69, 9.17) is 4.74 Å². The molecule has 118 valence electrons. The number of pyridine rings is 1. The number of hydrogen-bond acceptors (Lipinski definition) is 3. The molecular weight excluding hydrogens is 264 g/mol. The van der Waals surface area contributed by atoms with Crippen LogP contribution >= 0.6 is 0 Å². The first kappa shape index (κ1) is 17.6. The fourth-order valence-electron chi connectivity index (χ4n) is 2.46. The van der Waals surface area contributed by atoms with Gasteiger partial charge in [-0.2, -0.15) is 0 Å². The van der Waals surface area contributed by atoms with Crippen LogP contribution in [0.15, 0.2) is 24.5 Å². The van der Waals surface area contributed by atoms with E-state index in [1.54, 1.807) is 13.3 Å². The molecule has 21 heavy (non-hydrogen) atoms. The van der Waals surface area contributed by atoms with Crippen molar-refractivity contribution in [2.75, 3.05) is 20.3 Å². The normalized spacial score (nSPS) is 12.4. The van der Waals surface area contributed by atoms with E-state index in [1.165, 1.54) is 0 Å². The number of carbonyl (C=O) groups is 1. The molecule has 0 spiro atoms. The Bertz CT molecular complexity index is 407. The van der Waals surface area contributed by atoms with Crippen LogP contribution in [0.5, 0.6) is 0 Å². The summed E-state index contributed by atoms with van der Waals surface area (Å²) >= 11 is 0. The lowest BCUT2D eigenvalue weighted by Crippen LogP contribution is -2.44. The zero-order valence-corrected chi connectivity index (χ0v) is 13.7. The fraction of sp³-hybridized carbons (Fsp3) is 0.647. The Morgan fingerprint density at radius 1 is 1.43 bits per heavy atom. The summed E-state index contributed by atoms with van der Waals surface area (Å²) in [4.78, 5) is 18.7. The van der Waals surface area contributed by atoms with Gasteiger partial charge in [0, 0.05) is 44.6 Å². The standard InChI is InChI=1S/C17H28N2O2/c1-5-10-19(17(20)14(2)3)16(8-11-21-4)12-15-7-6-9-18-13-15/h6-7,9,13-14,16H,5,8,10-12H2,1-4H3. The molecule has 1 rings (SSSR count). The largest absolute Gasteiger partial charge is 0.385 e. The van der Waals surface area contributed by atoms with Gasteiger partial charge in [0.25, 0.3) is 0 Å². The van der Waals surface area contributed by atoms with E-state index in [2.05, 4.69) is 18.0 Å². The van der Waals surface area contributed by atoms with Gasteiger partial charge in [-0.1, -0.05) is 26.8 Å². The smallest absolute Gasteiger partial charge is 0.225 e. The molecule has 1 unspecified atom stereocenters. The van der Waals surface area contributed by atoms with Crippen molar-refractivity contribution in [3.8, 4) is 0 Å². The first-order valence-electron chi connectivity index (χ1n) is 7.78. The van der Waals surface area contributed by atoms with E-state index in [9.17, 15) is 4.79 Å². The van der Waals surface area contributed by atoms with Crippen LogP contribution in [-0.2, 0) is 16.0 Å². The predicted octanol–water partition coefficient (Wildman–Crippen LogP) is 2.92. The molecule has 0 aromatic carbocycles. The Labute approximate surface area is 128 Å². The lowest BCUT2D eigenvalue weighted by molar-refractivity contribution is -0.137.